The van der Waals surface area contributed by atoms with Gasteiger partial charge < -0.3 is 10.0 Å². The molecule has 8 nitrogen and oxygen atoms in total. The summed E-state index contributed by atoms with van der Waals surface area (Å²) in [4.78, 5) is 28.0. The molecule has 0 spiro atoms. The van der Waals surface area contributed by atoms with Crippen molar-refractivity contribution in [1.29, 1.82) is 0 Å². The smallest absolute Gasteiger partial charge is 0.329 e. The average Bonchev–Trinajstić information content (AvgIpc) is 3.54. The lowest BCUT2D eigenvalue weighted by molar-refractivity contribution is -0.165. The number of aliphatic carboxylic acids is 1. The van der Waals surface area contributed by atoms with E-state index in [1.165, 1.54) is 0 Å². The number of hydrogen-bond donors (Lipinski definition) is 2. The number of rotatable bonds is 10. The number of nitrogens with zero attached hydrogens (tertiary/aromatic N) is 4. The number of hydrogen-bond acceptors (Lipinski definition) is 5. The average molecular weight is 566 g/mol. The van der Waals surface area contributed by atoms with E-state index < -0.39 is 11.5 Å². The van der Waals surface area contributed by atoms with Gasteiger partial charge in [-0.05, 0) is 82.7 Å². The molecule has 0 aliphatic heterocycles. The molecule has 218 valence electrons. The Morgan fingerprint density at radius 2 is 1.57 bits per heavy atom. The zero-order chi connectivity index (χ0) is 29.7. The molecule has 1 aliphatic carbocycles. The maximum absolute atomic E-state index is 13.6. The van der Waals surface area contributed by atoms with Gasteiger partial charge in [0.2, 0.25) is 11.7 Å². The molecule has 0 unspecified atom stereocenters. The van der Waals surface area contributed by atoms with E-state index in [2.05, 4.69) is 58.7 Å². The Morgan fingerprint density at radius 3 is 2.19 bits per heavy atom. The lowest BCUT2D eigenvalue weighted by atomic mass is 9.68. The lowest BCUT2D eigenvalue weighted by Crippen LogP contribution is -2.59. The second-order valence-electron chi connectivity index (χ2n) is 12.1. The Kier molecular flexibility index (Phi) is 8.52. The zero-order valence-electron chi connectivity index (χ0n) is 24.6. The summed E-state index contributed by atoms with van der Waals surface area (Å²) < 4.78 is 0. The first-order valence-electron chi connectivity index (χ1n) is 14.8. The third kappa shape index (κ3) is 6.12. The minimum atomic E-state index is -1.19. The number of carbonyl (C=O) groups excluding carboxylic acids is 1. The van der Waals surface area contributed by atoms with Gasteiger partial charge in [0.25, 0.3) is 0 Å². The largest absolute Gasteiger partial charge is 0.479 e. The molecule has 8 heteroatoms. The van der Waals surface area contributed by atoms with Crippen LogP contribution in [-0.4, -0.2) is 48.0 Å². The number of unbranched alkanes of at least 4 members (excludes halogenated alkanes) is 1. The van der Waals surface area contributed by atoms with Crippen molar-refractivity contribution in [3.63, 3.8) is 0 Å². The number of benzene rings is 3. The van der Waals surface area contributed by atoms with Crippen molar-refractivity contribution in [1.82, 2.24) is 25.5 Å². The maximum atomic E-state index is 13.6. The first-order valence-corrected chi connectivity index (χ1v) is 14.8. The SMILES string of the molecule is CCCCC(=O)N(Cc1ccc(-c2cc(-c3ccccc3)ccc2-c2nn[nH]n2)cc1)C1(C(=O)O)CCC(C)(C)CC1. The van der Waals surface area contributed by atoms with Gasteiger partial charge >= 0.3 is 5.97 Å². The van der Waals surface area contributed by atoms with Gasteiger partial charge in [0.15, 0.2) is 0 Å². The summed E-state index contributed by atoms with van der Waals surface area (Å²) in [7, 11) is 0. The number of carboxylic acids is 1. The molecule has 0 atom stereocenters. The van der Waals surface area contributed by atoms with Crippen LogP contribution in [0.25, 0.3) is 33.6 Å². The normalized spacial score (nSPS) is 15.7. The van der Waals surface area contributed by atoms with Crippen molar-refractivity contribution >= 4 is 11.9 Å². The van der Waals surface area contributed by atoms with E-state index in [0.29, 0.717) is 25.1 Å². The van der Waals surface area contributed by atoms with Crippen molar-refractivity contribution in [2.75, 3.05) is 0 Å². The van der Waals surface area contributed by atoms with Gasteiger partial charge in [-0.1, -0.05) is 87.9 Å². The van der Waals surface area contributed by atoms with Gasteiger partial charge in [-0.25, -0.2) is 4.79 Å². The summed E-state index contributed by atoms with van der Waals surface area (Å²) in [6.45, 7) is 6.66. The van der Waals surface area contributed by atoms with E-state index in [9.17, 15) is 14.7 Å². The van der Waals surface area contributed by atoms with Crippen LogP contribution in [0.5, 0.6) is 0 Å². The van der Waals surface area contributed by atoms with Crippen molar-refractivity contribution in [2.24, 2.45) is 5.41 Å². The van der Waals surface area contributed by atoms with E-state index in [-0.39, 0.29) is 17.9 Å². The summed E-state index contributed by atoms with van der Waals surface area (Å²) in [5, 5.41) is 25.2. The number of carboxylic acid groups (broad SMARTS) is 1. The van der Waals surface area contributed by atoms with Crippen LogP contribution in [0.2, 0.25) is 0 Å². The molecule has 5 rings (SSSR count). The van der Waals surface area contributed by atoms with Crippen LogP contribution < -0.4 is 0 Å². The summed E-state index contributed by atoms with van der Waals surface area (Å²) >= 11 is 0. The topological polar surface area (TPSA) is 112 Å². The highest BCUT2D eigenvalue weighted by molar-refractivity contribution is 5.88. The van der Waals surface area contributed by atoms with Gasteiger partial charge in [-0.2, -0.15) is 5.21 Å². The maximum Gasteiger partial charge on any atom is 0.329 e. The van der Waals surface area contributed by atoms with Crippen LogP contribution in [0, 0.1) is 5.41 Å². The van der Waals surface area contributed by atoms with E-state index in [0.717, 1.165) is 59.1 Å². The lowest BCUT2D eigenvalue weighted by Gasteiger charge is -2.47. The Hall–Kier alpha value is -4.33. The Bertz CT molecular complexity index is 1500. The van der Waals surface area contributed by atoms with Crippen molar-refractivity contribution < 1.29 is 14.7 Å². The first kappa shape index (κ1) is 29.2. The zero-order valence-corrected chi connectivity index (χ0v) is 24.6. The molecule has 0 radical (unpaired) electrons. The number of H-pyrrole nitrogens is 1. The molecule has 0 saturated heterocycles. The van der Waals surface area contributed by atoms with Crippen molar-refractivity contribution in [3.8, 4) is 33.6 Å². The van der Waals surface area contributed by atoms with Crippen LogP contribution in [0.4, 0.5) is 0 Å². The third-order valence-electron chi connectivity index (χ3n) is 8.71. The number of tetrazole rings is 1. The molecular weight excluding hydrogens is 526 g/mol. The van der Waals surface area contributed by atoms with Crippen LogP contribution in [0.3, 0.4) is 0 Å². The van der Waals surface area contributed by atoms with Gasteiger partial charge in [0, 0.05) is 18.5 Å². The Labute approximate surface area is 247 Å². The second kappa shape index (κ2) is 12.3. The van der Waals surface area contributed by atoms with Crippen molar-refractivity contribution in [3.05, 3.63) is 78.4 Å². The summed E-state index contributed by atoms with van der Waals surface area (Å²) in [5.41, 5.74) is 4.73. The van der Waals surface area contributed by atoms with E-state index in [1.54, 1.807) is 4.90 Å². The summed E-state index contributed by atoms with van der Waals surface area (Å²) in [5.74, 6) is -0.482. The fourth-order valence-electron chi connectivity index (χ4n) is 5.92. The number of carbonyl (C=O) groups is 2. The van der Waals surface area contributed by atoms with E-state index >= 15 is 0 Å². The molecule has 1 saturated carbocycles. The Balaban J connectivity index is 1.49. The fraction of sp³-hybridized carbons (Fsp3) is 0.382. The predicted octanol–water partition coefficient (Wildman–Crippen LogP) is 7.14. The molecule has 3 aromatic carbocycles. The second-order valence-corrected chi connectivity index (χ2v) is 12.1. The third-order valence-corrected chi connectivity index (χ3v) is 8.71. The van der Waals surface area contributed by atoms with Crippen molar-refractivity contribution in [2.45, 2.75) is 77.8 Å². The van der Waals surface area contributed by atoms with E-state index in [4.69, 9.17) is 0 Å². The molecule has 0 bridgehead atoms. The highest BCUT2D eigenvalue weighted by Crippen LogP contribution is 2.44. The van der Waals surface area contributed by atoms with Gasteiger partial charge in [-0.3, -0.25) is 4.79 Å². The van der Waals surface area contributed by atoms with Crippen LogP contribution >= 0.6 is 0 Å². The van der Waals surface area contributed by atoms with Crippen LogP contribution in [0.15, 0.2) is 72.8 Å². The standard InChI is InChI=1S/C34H39N5O3/c1-4-5-11-30(40)39(34(32(41)42)20-18-33(2,3)19-21-34)23-24-12-14-26(15-13-24)29-22-27(25-9-7-6-8-10-25)16-17-28(29)31-35-37-38-36-31/h6-10,12-17,22H,4-5,11,18-21,23H2,1-3H3,(H,41,42)(H,35,36,37,38). The van der Waals surface area contributed by atoms with Gasteiger partial charge in [0.05, 0.1) is 0 Å². The number of aromatic amines is 1. The minimum absolute atomic E-state index is 0.0728. The predicted molar refractivity (Wildman–Crippen MR) is 163 cm³/mol. The summed E-state index contributed by atoms with van der Waals surface area (Å²) in [6.07, 6.45) is 4.45. The molecule has 1 heterocycles. The molecule has 2 N–H and O–H groups in total. The molecule has 1 aromatic heterocycles. The fourth-order valence-corrected chi connectivity index (χ4v) is 5.92. The highest BCUT2D eigenvalue weighted by atomic mass is 16.4. The number of aromatic nitrogens is 4. The van der Waals surface area contributed by atoms with Crippen LogP contribution in [0.1, 0.15) is 71.3 Å². The highest BCUT2D eigenvalue weighted by Gasteiger charge is 2.50. The van der Waals surface area contributed by atoms with Gasteiger partial charge in [-0.15, -0.1) is 10.2 Å². The molecule has 4 aromatic rings. The minimum Gasteiger partial charge on any atom is -0.479 e. The molecule has 1 amide bonds. The number of amides is 1. The molecular formula is C34H39N5O3. The number of nitrogens with one attached hydrogen (secondary N) is 1. The van der Waals surface area contributed by atoms with Gasteiger partial charge in [0.1, 0.15) is 5.54 Å². The molecule has 1 fully saturated rings. The quantitative estimate of drug-likeness (QED) is 0.211. The first-order chi connectivity index (χ1) is 20.2. The molecule has 1 aliphatic rings. The molecule has 42 heavy (non-hydrogen) atoms. The van der Waals surface area contributed by atoms with Crippen LogP contribution in [-0.2, 0) is 16.1 Å². The Morgan fingerprint density at radius 1 is 0.881 bits per heavy atom. The monoisotopic (exact) mass is 565 g/mol. The van der Waals surface area contributed by atoms with E-state index in [1.807, 2.05) is 55.5 Å². The summed E-state index contributed by atoms with van der Waals surface area (Å²) in [6, 6.07) is 24.4.